The number of halogens is 1. The van der Waals surface area contributed by atoms with E-state index in [1.165, 1.54) is 19.2 Å². The van der Waals surface area contributed by atoms with E-state index < -0.39 is 19.9 Å². The van der Waals surface area contributed by atoms with Crippen LogP contribution in [0.1, 0.15) is 5.76 Å². The minimum Gasteiger partial charge on any atom is -0.447 e. The van der Waals surface area contributed by atoms with Gasteiger partial charge in [0, 0.05) is 19.8 Å². The molecule has 0 atom stereocenters. The Hall–Kier alpha value is -0.570. The van der Waals surface area contributed by atoms with E-state index in [1.807, 2.05) is 0 Å². The second-order valence-electron chi connectivity index (χ2n) is 3.81. The lowest BCUT2D eigenvalue weighted by Crippen LogP contribution is -2.31. The van der Waals surface area contributed by atoms with Crippen LogP contribution in [0.15, 0.2) is 21.6 Å². The molecule has 18 heavy (non-hydrogen) atoms. The van der Waals surface area contributed by atoms with E-state index in [0.717, 1.165) is 10.6 Å². The van der Waals surface area contributed by atoms with Crippen molar-refractivity contribution in [2.75, 3.05) is 25.6 Å². The maximum absolute atomic E-state index is 12.0. The lowest BCUT2D eigenvalue weighted by Gasteiger charge is -2.14. The highest BCUT2D eigenvalue weighted by molar-refractivity contribution is 7.91. The molecule has 0 spiro atoms. The Labute approximate surface area is 111 Å². The highest BCUT2D eigenvalue weighted by atomic mass is 35.5. The van der Waals surface area contributed by atoms with Gasteiger partial charge in [0.15, 0.2) is 0 Å². The van der Waals surface area contributed by atoms with Crippen molar-refractivity contribution in [2.45, 2.75) is 11.0 Å². The molecule has 0 saturated carbocycles. The number of alkyl halides is 1. The Morgan fingerprint density at radius 1 is 1.28 bits per heavy atom. The summed E-state index contributed by atoms with van der Waals surface area (Å²) in [5.74, 6) is 0.167. The van der Waals surface area contributed by atoms with Crippen molar-refractivity contribution in [2.24, 2.45) is 0 Å². The molecular formula is C9H14ClNO5S2. The van der Waals surface area contributed by atoms with Crippen molar-refractivity contribution in [3.05, 3.63) is 17.9 Å². The molecule has 0 unspecified atom stereocenters. The molecule has 9 heteroatoms. The Morgan fingerprint density at radius 3 is 2.33 bits per heavy atom. The normalized spacial score (nSPS) is 13.1. The van der Waals surface area contributed by atoms with Gasteiger partial charge < -0.3 is 4.42 Å². The van der Waals surface area contributed by atoms with Crippen LogP contribution < -0.4 is 0 Å². The zero-order chi connectivity index (χ0) is 14.0. The molecular weight excluding hydrogens is 302 g/mol. The van der Waals surface area contributed by atoms with Gasteiger partial charge in [0.2, 0.25) is 5.09 Å². The van der Waals surface area contributed by atoms with Crippen LogP contribution in [-0.2, 0) is 25.7 Å². The molecule has 1 rings (SSSR count). The highest BCUT2D eigenvalue weighted by Gasteiger charge is 2.25. The van der Waals surface area contributed by atoms with Gasteiger partial charge >= 0.3 is 0 Å². The molecule has 0 saturated heterocycles. The number of sulfonamides is 1. The molecule has 0 aromatic carbocycles. The highest BCUT2D eigenvalue weighted by Crippen LogP contribution is 2.18. The van der Waals surface area contributed by atoms with Crippen LogP contribution in [0.5, 0.6) is 0 Å². The number of furan rings is 1. The fourth-order valence-corrected chi connectivity index (χ4v) is 3.09. The summed E-state index contributed by atoms with van der Waals surface area (Å²) in [6, 6.07) is 2.76. The minimum atomic E-state index is -3.81. The molecule has 6 nitrogen and oxygen atoms in total. The van der Waals surface area contributed by atoms with Crippen LogP contribution in [0, 0.1) is 0 Å². The van der Waals surface area contributed by atoms with Gasteiger partial charge in [-0.25, -0.2) is 16.8 Å². The Balaban J connectivity index is 2.86. The molecule has 0 aliphatic carbocycles. The van der Waals surface area contributed by atoms with E-state index >= 15 is 0 Å². The predicted octanol–water partition coefficient (Wildman–Crippen LogP) is 0.683. The zero-order valence-electron chi connectivity index (χ0n) is 9.96. The average Bonchev–Trinajstić information content (AvgIpc) is 2.73. The molecule has 0 radical (unpaired) electrons. The van der Waals surface area contributed by atoms with Gasteiger partial charge in [-0.15, -0.1) is 11.6 Å². The lowest BCUT2D eigenvalue weighted by molar-refractivity contribution is 0.399. The van der Waals surface area contributed by atoms with Gasteiger partial charge in [-0.3, -0.25) is 0 Å². The molecule has 104 valence electrons. The summed E-state index contributed by atoms with van der Waals surface area (Å²) >= 11 is 5.51. The van der Waals surface area contributed by atoms with E-state index in [-0.39, 0.29) is 23.3 Å². The van der Waals surface area contributed by atoms with Crippen LogP contribution in [0.3, 0.4) is 0 Å². The summed E-state index contributed by atoms with van der Waals surface area (Å²) < 4.78 is 51.9. The van der Waals surface area contributed by atoms with Crippen LogP contribution in [0.25, 0.3) is 0 Å². The van der Waals surface area contributed by atoms with Crippen molar-refractivity contribution in [1.29, 1.82) is 0 Å². The third-order valence-electron chi connectivity index (χ3n) is 2.21. The van der Waals surface area contributed by atoms with E-state index in [0.29, 0.717) is 5.76 Å². The van der Waals surface area contributed by atoms with Crippen LogP contribution in [0.2, 0.25) is 0 Å². The van der Waals surface area contributed by atoms with Gasteiger partial charge in [-0.2, -0.15) is 4.31 Å². The Morgan fingerprint density at radius 2 is 1.89 bits per heavy atom. The molecule has 0 bridgehead atoms. The quantitative estimate of drug-likeness (QED) is 0.721. The molecule has 1 aromatic rings. The zero-order valence-corrected chi connectivity index (χ0v) is 12.3. The van der Waals surface area contributed by atoms with Gasteiger partial charge in [0.05, 0.1) is 11.6 Å². The second-order valence-corrected chi connectivity index (χ2v) is 8.31. The van der Waals surface area contributed by atoms with Gasteiger partial charge in [0.1, 0.15) is 15.6 Å². The summed E-state index contributed by atoms with van der Waals surface area (Å²) in [6.07, 6.45) is 1.05. The molecule has 0 aliphatic heterocycles. The molecule has 0 amide bonds. The van der Waals surface area contributed by atoms with Crippen LogP contribution in [-0.4, -0.2) is 46.7 Å². The second kappa shape index (κ2) is 5.60. The lowest BCUT2D eigenvalue weighted by atomic mass is 10.5. The molecule has 0 aliphatic rings. The SMILES string of the molecule is CN(CCS(C)(=O)=O)S(=O)(=O)c1ccc(CCl)o1. The first-order valence-electron chi connectivity index (χ1n) is 4.95. The summed E-state index contributed by atoms with van der Waals surface area (Å²) in [5, 5.41) is -0.242. The summed E-state index contributed by atoms with van der Waals surface area (Å²) in [5.41, 5.74) is 0. The largest absolute Gasteiger partial charge is 0.447 e. The van der Waals surface area contributed by atoms with Crippen LogP contribution in [0.4, 0.5) is 0 Å². The predicted molar refractivity (Wildman–Crippen MR) is 67.8 cm³/mol. The van der Waals surface area contributed by atoms with Crippen LogP contribution >= 0.6 is 11.6 Å². The fourth-order valence-electron chi connectivity index (χ4n) is 1.14. The van der Waals surface area contributed by atoms with Crippen molar-refractivity contribution >= 4 is 31.5 Å². The summed E-state index contributed by atoms with van der Waals surface area (Å²) in [4.78, 5) is 0. The van der Waals surface area contributed by atoms with E-state index in [1.54, 1.807) is 0 Å². The number of nitrogens with zero attached hydrogens (tertiary/aromatic N) is 1. The first-order valence-corrected chi connectivity index (χ1v) is 8.99. The molecule has 0 fully saturated rings. The first kappa shape index (κ1) is 15.5. The van der Waals surface area contributed by atoms with Crippen molar-refractivity contribution in [1.82, 2.24) is 4.31 Å². The van der Waals surface area contributed by atoms with Gasteiger partial charge in [0.25, 0.3) is 10.0 Å². The van der Waals surface area contributed by atoms with Gasteiger partial charge in [-0.05, 0) is 12.1 Å². The van der Waals surface area contributed by atoms with Gasteiger partial charge in [-0.1, -0.05) is 0 Å². The minimum absolute atomic E-state index is 0.0720. The summed E-state index contributed by atoms with van der Waals surface area (Å²) in [7, 11) is -5.73. The average molecular weight is 316 g/mol. The third-order valence-corrected chi connectivity index (χ3v) is 5.13. The number of hydrogen-bond acceptors (Lipinski definition) is 5. The number of hydrogen-bond donors (Lipinski definition) is 0. The molecule has 1 heterocycles. The number of rotatable bonds is 6. The topological polar surface area (TPSA) is 84.7 Å². The van der Waals surface area contributed by atoms with E-state index in [4.69, 9.17) is 16.0 Å². The Kier molecular flexibility index (Phi) is 4.82. The van der Waals surface area contributed by atoms with E-state index in [2.05, 4.69) is 0 Å². The van der Waals surface area contributed by atoms with E-state index in [9.17, 15) is 16.8 Å². The first-order chi connectivity index (χ1) is 8.16. The maximum Gasteiger partial charge on any atom is 0.276 e. The van der Waals surface area contributed by atoms with Crippen molar-refractivity contribution in [3.8, 4) is 0 Å². The number of sulfone groups is 1. The monoisotopic (exact) mass is 315 g/mol. The maximum atomic E-state index is 12.0. The van der Waals surface area contributed by atoms with Crippen molar-refractivity contribution in [3.63, 3.8) is 0 Å². The third kappa shape index (κ3) is 3.98. The summed E-state index contributed by atoms with van der Waals surface area (Å²) in [6.45, 7) is -0.127. The fraction of sp³-hybridized carbons (Fsp3) is 0.556. The standard InChI is InChI=1S/C9H14ClNO5S2/c1-11(5-6-17(2,12)13)18(14,15)9-4-3-8(7-10)16-9/h3-4H,5-7H2,1-2H3. The van der Waals surface area contributed by atoms with Crippen molar-refractivity contribution < 1.29 is 21.3 Å². The molecule has 1 aromatic heterocycles. The molecule has 0 N–H and O–H groups in total. The smallest absolute Gasteiger partial charge is 0.276 e. The Bertz CT molecular complexity index is 605.